The van der Waals surface area contributed by atoms with Gasteiger partial charge in [-0.25, -0.2) is 13.0 Å². The number of hydrogen-bond acceptors (Lipinski definition) is 8. The van der Waals surface area contributed by atoms with E-state index in [1.165, 1.54) is 6.07 Å². The van der Waals surface area contributed by atoms with Gasteiger partial charge >= 0.3 is 0 Å². The molecule has 1 aliphatic carbocycles. The summed E-state index contributed by atoms with van der Waals surface area (Å²) in [5, 5.41) is 16.5. The Morgan fingerprint density at radius 3 is 2.30 bits per heavy atom. The normalized spacial score (nSPS) is 11.7. The third-order valence-electron chi connectivity index (χ3n) is 7.66. The summed E-state index contributed by atoms with van der Waals surface area (Å²) >= 11 is 0.652. The molecular weight excluding hydrogens is 599 g/mol. The molecule has 5 rings (SSSR count). The van der Waals surface area contributed by atoms with Crippen LogP contribution in [-0.2, 0) is 19.4 Å². The number of para-hydroxylation sites is 1. The molecule has 0 fully saturated rings. The van der Waals surface area contributed by atoms with E-state index in [1.807, 2.05) is 24.3 Å². The van der Waals surface area contributed by atoms with Crippen molar-refractivity contribution in [1.29, 1.82) is 0 Å². The molecule has 0 spiro atoms. The first-order valence-corrected chi connectivity index (χ1v) is 16.7. The largest absolute Gasteiger partial charge is 0.691 e. The van der Waals surface area contributed by atoms with E-state index in [9.17, 15) is 13.7 Å². The molecular formula is C33H35N3O6S2. The van der Waals surface area contributed by atoms with Gasteiger partial charge in [-0.15, -0.1) is 0 Å². The van der Waals surface area contributed by atoms with Crippen molar-refractivity contribution in [2.24, 2.45) is 0 Å². The quantitative estimate of drug-likeness (QED) is 0.0596. The van der Waals surface area contributed by atoms with Crippen molar-refractivity contribution < 1.29 is 27.5 Å². The molecule has 0 aromatic heterocycles. The Kier molecular flexibility index (Phi) is 9.92. The molecule has 0 amide bonds. The first kappa shape index (κ1) is 31.6. The summed E-state index contributed by atoms with van der Waals surface area (Å²) in [7, 11) is -3.95. The summed E-state index contributed by atoms with van der Waals surface area (Å²) in [6, 6.07) is 25.6. The summed E-state index contributed by atoms with van der Waals surface area (Å²) in [5.74, 6) is 0.674. The number of nitrogens with zero attached hydrogens (tertiary/aromatic N) is 2. The molecule has 2 aliphatic rings. The van der Waals surface area contributed by atoms with E-state index >= 15 is 0 Å². The molecule has 1 N–H and O–H groups in total. The van der Waals surface area contributed by atoms with Gasteiger partial charge in [0.05, 0.1) is 23.0 Å². The summed E-state index contributed by atoms with van der Waals surface area (Å²) in [6.07, 6.45) is 0. The number of anilines is 2. The van der Waals surface area contributed by atoms with Crippen molar-refractivity contribution in [2.75, 3.05) is 35.8 Å². The Morgan fingerprint density at radius 1 is 0.886 bits per heavy atom. The highest BCUT2D eigenvalue weighted by Gasteiger charge is 2.24. The van der Waals surface area contributed by atoms with E-state index in [4.69, 9.17) is 8.75 Å². The molecule has 0 unspecified atom stereocenters. The zero-order valence-corrected chi connectivity index (χ0v) is 26.7. The van der Waals surface area contributed by atoms with E-state index in [0.717, 1.165) is 53.7 Å². The van der Waals surface area contributed by atoms with Crippen LogP contribution in [0.25, 0.3) is 33.4 Å². The molecule has 1 heterocycles. The van der Waals surface area contributed by atoms with Crippen LogP contribution in [0.3, 0.4) is 0 Å². The third kappa shape index (κ3) is 6.47. The second-order valence-corrected chi connectivity index (χ2v) is 12.5. The lowest BCUT2D eigenvalue weighted by molar-refractivity contribution is -0.777. The van der Waals surface area contributed by atoms with Crippen molar-refractivity contribution in [3.05, 3.63) is 90.3 Å². The molecule has 3 aromatic rings. The fourth-order valence-electron chi connectivity index (χ4n) is 5.44. The van der Waals surface area contributed by atoms with E-state index in [1.54, 1.807) is 42.5 Å². The maximum Gasteiger partial charge on any atom is 0.261 e. The van der Waals surface area contributed by atoms with E-state index < -0.39 is 10.0 Å². The van der Waals surface area contributed by atoms with Crippen molar-refractivity contribution in [3.63, 3.8) is 0 Å². The molecule has 230 valence electrons. The molecule has 44 heavy (non-hydrogen) atoms. The topological polar surface area (TPSA) is 107 Å². The molecule has 9 nitrogen and oxygen atoms in total. The van der Waals surface area contributed by atoms with Gasteiger partial charge in [-0.2, -0.15) is 4.33 Å². The molecule has 3 aromatic carbocycles. The molecule has 1 aliphatic heterocycles. The average Bonchev–Trinajstić information content (AvgIpc) is 3.04. The lowest BCUT2D eigenvalue weighted by Gasteiger charge is -2.23. The second kappa shape index (κ2) is 13.8. The fourth-order valence-corrected chi connectivity index (χ4v) is 7.14. The molecule has 0 saturated carbocycles. The van der Waals surface area contributed by atoms with E-state index in [2.05, 4.69) is 59.1 Å². The van der Waals surface area contributed by atoms with Gasteiger partial charge in [-0.1, -0.05) is 24.3 Å². The summed E-state index contributed by atoms with van der Waals surface area (Å²) < 4.78 is 42.8. The minimum absolute atomic E-state index is 0.00368. The lowest BCUT2D eigenvalue weighted by Crippen LogP contribution is -2.29. The van der Waals surface area contributed by atoms with Gasteiger partial charge in [0.1, 0.15) is 24.4 Å². The van der Waals surface area contributed by atoms with Crippen LogP contribution in [0.5, 0.6) is 0 Å². The minimum Gasteiger partial charge on any atom is -0.691 e. The van der Waals surface area contributed by atoms with Crippen molar-refractivity contribution in [1.82, 2.24) is 4.58 Å². The smallest absolute Gasteiger partial charge is 0.261 e. The minimum atomic E-state index is -3.95. The SMILES string of the molecule is CCN(CC)c1ccc2c(-c3ccc(S(=O)(=O)Nc4ccccc4)cc3SOO[O-])c3ccc(=[N+](CC)CC)cc-3oc2c1. The number of fused-ring (bicyclic) bond motifs is 2. The maximum absolute atomic E-state index is 13.3. The predicted octanol–water partition coefficient (Wildman–Crippen LogP) is 5.89. The van der Waals surface area contributed by atoms with Crippen LogP contribution in [0, 0.1) is 0 Å². The van der Waals surface area contributed by atoms with Crippen molar-refractivity contribution >= 4 is 44.4 Å². The first-order chi connectivity index (χ1) is 21.3. The summed E-state index contributed by atoms with van der Waals surface area (Å²) in [6.45, 7) is 11.8. The van der Waals surface area contributed by atoms with Crippen LogP contribution < -0.4 is 24.8 Å². The van der Waals surface area contributed by atoms with E-state index in [-0.39, 0.29) is 4.90 Å². The van der Waals surface area contributed by atoms with Gasteiger partial charge in [0, 0.05) is 58.0 Å². The molecule has 0 radical (unpaired) electrons. The van der Waals surface area contributed by atoms with Crippen LogP contribution in [0.15, 0.2) is 99.1 Å². The number of sulfonamides is 1. The Bertz CT molecular complexity index is 1900. The third-order valence-corrected chi connectivity index (χ3v) is 9.68. The highest BCUT2D eigenvalue weighted by Crippen LogP contribution is 2.44. The van der Waals surface area contributed by atoms with Gasteiger partial charge in [0.25, 0.3) is 10.0 Å². The molecule has 11 heteroatoms. The first-order valence-electron chi connectivity index (χ1n) is 14.5. The molecule has 0 atom stereocenters. The Balaban J connectivity index is 1.77. The van der Waals surface area contributed by atoms with Gasteiger partial charge in [-0.05, 0) is 75.7 Å². The second-order valence-electron chi connectivity index (χ2n) is 10.0. The lowest BCUT2D eigenvalue weighted by atomic mass is 9.93. The Morgan fingerprint density at radius 2 is 1.61 bits per heavy atom. The summed E-state index contributed by atoms with van der Waals surface area (Å²) in [4.78, 5) is 2.63. The van der Waals surface area contributed by atoms with Gasteiger partial charge in [0.15, 0.2) is 0 Å². The van der Waals surface area contributed by atoms with Crippen LogP contribution in [-0.4, -0.2) is 34.6 Å². The van der Waals surface area contributed by atoms with Gasteiger partial charge in [0.2, 0.25) is 5.36 Å². The number of rotatable bonds is 12. The Hall–Kier alpha value is -3.87. The zero-order chi connectivity index (χ0) is 31.3. The van der Waals surface area contributed by atoms with Crippen LogP contribution in [0.4, 0.5) is 11.4 Å². The molecule has 0 bridgehead atoms. The zero-order valence-electron chi connectivity index (χ0n) is 25.1. The maximum atomic E-state index is 13.3. The van der Waals surface area contributed by atoms with E-state index in [0.29, 0.717) is 39.5 Å². The van der Waals surface area contributed by atoms with Crippen molar-refractivity contribution in [2.45, 2.75) is 37.5 Å². The average molecular weight is 634 g/mol. The van der Waals surface area contributed by atoms with Gasteiger partial charge in [-0.3, -0.25) is 9.76 Å². The molecule has 0 saturated heterocycles. The fraction of sp³-hybridized carbons (Fsp3) is 0.242. The van der Waals surface area contributed by atoms with Crippen molar-refractivity contribution in [3.8, 4) is 22.5 Å². The highest BCUT2D eigenvalue weighted by molar-refractivity contribution is 7.95. The number of nitrogens with one attached hydrogen (secondary N) is 1. The van der Waals surface area contributed by atoms with Gasteiger partial charge < -0.3 is 14.6 Å². The predicted molar refractivity (Wildman–Crippen MR) is 173 cm³/mol. The summed E-state index contributed by atoms with van der Waals surface area (Å²) in [5.41, 5.74) is 4.43. The highest BCUT2D eigenvalue weighted by atomic mass is 32.2. The van der Waals surface area contributed by atoms with Crippen LogP contribution in [0.1, 0.15) is 27.7 Å². The monoisotopic (exact) mass is 633 g/mol. The standard InChI is InChI=1S/C33H35N3O6S2/c1-5-35(6-2)24-14-17-27-30(20-24)40-31-21-25(36(7-3)8-4)15-18-28(31)33(27)29-19-16-26(22-32(29)43-42-41-37)44(38,39)34-23-12-10-9-11-13-23/h9-22,34H,5-8H2,1-4H3. The Labute approximate surface area is 261 Å². The number of benzene rings is 4. The number of hydrogen-bond donors (Lipinski definition) is 1. The van der Waals surface area contributed by atoms with Crippen LogP contribution in [0.2, 0.25) is 0 Å². The van der Waals surface area contributed by atoms with Crippen LogP contribution >= 0.6 is 12.0 Å².